The summed E-state index contributed by atoms with van der Waals surface area (Å²) < 4.78 is 5.69. The smallest absolute Gasteiger partial charge is 0.317 e. The summed E-state index contributed by atoms with van der Waals surface area (Å²) in [5.74, 6) is 2.00. The van der Waals surface area contributed by atoms with Crippen molar-refractivity contribution in [1.29, 1.82) is 0 Å². The molecule has 0 unspecified atom stereocenters. The molecule has 1 aliphatic rings. The highest BCUT2D eigenvalue weighted by atomic mass is 32.2. The Hall–Kier alpha value is -1.40. The van der Waals surface area contributed by atoms with Gasteiger partial charge in [-0.3, -0.25) is 4.90 Å². The molecule has 1 saturated heterocycles. The van der Waals surface area contributed by atoms with Crippen LogP contribution in [0.2, 0.25) is 0 Å². The minimum atomic E-state index is 0.0229. The molecule has 1 fully saturated rings. The quantitative estimate of drug-likeness (QED) is 0.820. The predicted molar refractivity (Wildman–Crippen MR) is 101 cm³/mol. The lowest BCUT2D eigenvalue weighted by Crippen LogP contribution is -2.51. The van der Waals surface area contributed by atoms with Crippen molar-refractivity contribution >= 4 is 17.8 Å². The summed E-state index contributed by atoms with van der Waals surface area (Å²) in [6.07, 6.45) is 2.28. The maximum Gasteiger partial charge on any atom is 0.317 e. The number of carbonyl (C=O) groups excluding carboxylic acids is 1. The Morgan fingerprint density at radius 1 is 1.29 bits per heavy atom. The van der Waals surface area contributed by atoms with Gasteiger partial charge in [0.05, 0.1) is 6.10 Å². The SMILES string of the molecule is CSCCN1CCN(C(=O)NCc2cccc(OC(C)C)c2)CC1. The first-order valence-corrected chi connectivity index (χ1v) is 9.97. The Labute approximate surface area is 149 Å². The van der Waals surface area contributed by atoms with Crippen molar-refractivity contribution in [3.05, 3.63) is 29.8 Å². The van der Waals surface area contributed by atoms with Gasteiger partial charge < -0.3 is 15.0 Å². The van der Waals surface area contributed by atoms with Gasteiger partial charge >= 0.3 is 6.03 Å². The van der Waals surface area contributed by atoms with Gasteiger partial charge in [0.2, 0.25) is 0 Å². The third-order valence-corrected chi connectivity index (χ3v) is 4.58. The highest BCUT2D eigenvalue weighted by Crippen LogP contribution is 2.15. The molecule has 0 spiro atoms. The van der Waals surface area contributed by atoms with Gasteiger partial charge in [-0.2, -0.15) is 11.8 Å². The van der Waals surface area contributed by atoms with Crippen molar-refractivity contribution in [2.45, 2.75) is 26.5 Å². The van der Waals surface area contributed by atoms with Crippen molar-refractivity contribution in [3.8, 4) is 5.75 Å². The number of thioether (sulfide) groups is 1. The molecule has 0 saturated carbocycles. The van der Waals surface area contributed by atoms with E-state index in [0.717, 1.165) is 49.8 Å². The van der Waals surface area contributed by atoms with E-state index in [4.69, 9.17) is 4.74 Å². The summed E-state index contributed by atoms with van der Waals surface area (Å²) in [5.41, 5.74) is 1.06. The van der Waals surface area contributed by atoms with Crippen molar-refractivity contribution in [1.82, 2.24) is 15.1 Å². The molecule has 0 atom stereocenters. The Kier molecular flexibility index (Phi) is 7.72. The van der Waals surface area contributed by atoms with Crippen molar-refractivity contribution in [2.75, 3.05) is 44.7 Å². The van der Waals surface area contributed by atoms with E-state index in [-0.39, 0.29) is 12.1 Å². The Morgan fingerprint density at radius 3 is 2.71 bits per heavy atom. The molecular weight excluding hydrogens is 322 g/mol. The van der Waals surface area contributed by atoms with E-state index in [0.29, 0.717) is 6.54 Å². The first-order valence-electron chi connectivity index (χ1n) is 8.58. The minimum Gasteiger partial charge on any atom is -0.491 e. The largest absolute Gasteiger partial charge is 0.491 e. The number of rotatable bonds is 7. The molecule has 2 amide bonds. The molecule has 2 rings (SSSR count). The molecule has 0 bridgehead atoms. The predicted octanol–water partition coefficient (Wildman–Crippen LogP) is 2.66. The fourth-order valence-electron chi connectivity index (χ4n) is 2.69. The maximum atomic E-state index is 12.3. The summed E-state index contributed by atoms with van der Waals surface area (Å²) in [4.78, 5) is 16.6. The second kappa shape index (κ2) is 9.79. The van der Waals surface area contributed by atoms with Crippen LogP contribution in [0.1, 0.15) is 19.4 Å². The number of piperazine rings is 1. The normalized spacial score (nSPS) is 15.6. The van der Waals surface area contributed by atoms with E-state index in [2.05, 4.69) is 16.5 Å². The molecule has 0 aliphatic carbocycles. The summed E-state index contributed by atoms with van der Waals surface area (Å²) in [6, 6.07) is 7.92. The first kappa shape index (κ1) is 18.9. The summed E-state index contributed by atoms with van der Waals surface area (Å²) in [6.45, 7) is 9.19. The van der Waals surface area contributed by atoms with Crippen LogP contribution < -0.4 is 10.1 Å². The topological polar surface area (TPSA) is 44.8 Å². The number of urea groups is 1. The average molecular weight is 352 g/mol. The Balaban J connectivity index is 1.75. The first-order chi connectivity index (χ1) is 11.6. The Morgan fingerprint density at radius 2 is 2.04 bits per heavy atom. The second-order valence-electron chi connectivity index (χ2n) is 6.29. The van der Waals surface area contributed by atoms with Crippen LogP contribution in [0.15, 0.2) is 24.3 Å². The van der Waals surface area contributed by atoms with Gasteiger partial charge in [-0.1, -0.05) is 12.1 Å². The number of carbonyl (C=O) groups is 1. The van der Waals surface area contributed by atoms with Crippen molar-refractivity contribution < 1.29 is 9.53 Å². The average Bonchev–Trinajstić information content (AvgIpc) is 2.58. The zero-order chi connectivity index (χ0) is 17.4. The monoisotopic (exact) mass is 351 g/mol. The van der Waals surface area contributed by atoms with Gasteiger partial charge in [0.25, 0.3) is 0 Å². The van der Waals surface area contributed by atoms with Crippen LogP contribution >= 0.6 is 11.8 Å². The highest BCUT2D eigenvalue weighted by molar-refractivity contribution is 7.98. The zero-order valence-corrected chi connectivity index (χ0v) is 15.8. The molecule has 24 heavy (non-hydrogen) atoms. The van der Waals surface area contributed by atoms with Crippen LogP contribution in [-0.4, -0.2) is 66.7 Å². The van der Waals surface area contributed by atoms with Crippen molar-refractivity contribution in [3.63, 3.8) is 0 Å². The number of nitrogens with one attached hydrogen (secondary N) is 1. The van der Waals surface area contributed by atoms with Gasteiger partial charge in [0.1, 0.15) is 5.75 Å². The molecule has 134 valence electrons. The lowest BCUT2D eigenvalue weighted by Gasteiger charge is -2.34. The summed E-state index contributed by atoms with van der Waals surface area (Å²) in [5, 5.41) is 3.02. The summed E-state index contributed by atoms with van der Waals surface area (Å²) in [7, 11) is 0. The zero-order valence-electron chi connectivity index (χ0n) is 15.0. The van der Waals surface area contributed by atoms with Crippen LogP contribution in [-0.2, 0) is 6.54 Å². The minimum absolute atomic E-state index is 0.0229. The molecular formula is C18H29N3O2S. The second-order valence-corrected chi connectivity index (χ2v) is 7.28. The third kappa shape index (κ3) is 6.24. The number of hydrogen-bond donors (Lipinski definition) is 1. The molecule has 6 heteroatoms. The molecule has 0 aromatic heterocycles. The number of ether oxygens (including phenoxy) is 1. The number of amides is 2. The Bertz CT molecular complexity index is 517. The highest BCUT2D eigenvalue weighted by Gasteiger charge is 2.20. The van der Waals surface area contributed by atoms with Gasteiger partial charge in [-0.15, -0.1) is 0 Å². The lowest BCUT2D eigenvalue weighted by atomic mass is 10.2. The number of nitrogens with zero attached hydrogens (tertiary/aromatic N) is 2. The number of benzene rings is 1. The fourth-order valence-corrected chi connectivity index (χ4v) is 3.13. The molecule has 1 aromatic carbocycles. The molecule has 1 aromatic rings. The van der Waals surface area contributed by atoms with E-state index >= 15 is 0 Å². The number of hydrogen-bond acceptors (Lipinski definition) is 4. The van der Waals surface area contributed by atoms with Crippen LogP contribution in [0.3, 0.4) is 0 Å². The standard InChI is InChI=1S/C18H29N3O2S/c1-15(2)23-17-6-4-5-16(13-17)14-19-18(22)21-9-7-20(8-10-21)11-12-24-3/h4-6,13,15H,7-12,14H2,1-3H3,(H,19,22). The molecule has 1 N–H and O–H groups in total. The molecule has 1 aliphatic heterocycles. The lowest BCUT2D eigenvalue weighted by molar-refractivity contribution is 0.143. The van der Waals surface area contributed by atoms with E-state index in [1.165, 1.54) is 0 Å². The molecule has 1 heterocycles. The van der Waals surface area contributed by atoms with Gasteiger partial charge in [0, 0.05) is 45.0 Å². The van der Waals surface area contributed by atoms with E-state index in [9.17, 15) is 4.79 Å². The molecule has 5 nitrogen and oxygen atoms in total. The molecule has 0 radical (unpaired) electrons. The van der Waals surface area contributed by atoms with Crippen LogP contribution in [0.5, 0.6) is 5.75 Å². The van der Waals surface area contributed by atoms with E-state index in [1.54, 1.807) is 0 Å². The third-order valence-electron chi connectivity index (χ3n) is 3.99. The van der Waals surface area contributed by atoms with Gasteiger partial charge in [-0.25, -0.2) is 4.79 Å². The maximum absolute atomic E-state index is 12.3. The summed E-state index contributed by atoms with van der Waals surface area (Å²) >= 11 is 1.87. The fraction of sp³-hybridized carbons (Fsp3) is 0.611. The van der Waals surface area contributed by atoms with Crippen molar-refractivity contribution in [2.24, 2.45) is 0 Å². The van der Waals surface area contributed by atoms with Crippen LogP contribution in [0, 0.1) is 0 Å². The van der Waals surface area contributed by atoms with Gasteiger partial charge in [-0.05, 0) is 37.8 Å². The van der Waals surface area contributed by atoms with Crippen LogP contribution in [0.4, 0.5) is 4.79 Å². The van der Waals surface area contributed by atoms with E-state index < -0.39 is 0 Å². The van der Waals surface area contributed by atoms with Crippen LogP contribution in [0.25, 0.3) is 0 Å². The van der Waals surface area contributed by atoms with Gasteiger partial charge in [0.15, 0.2) is 0 Å². The van der Waals surface area contributed by atoms with E-state index in [1.807, 2.05) is 54.8 Å².